The third-order valence-corrected chi connectivity index (χ3v) is 3.79. The van der Waals surface area contributed by atoms with Crippen LogP contribution < -0.4 is 5.73 Å². The molecule has 6 heteroatoms. The molecule has 0 bridgehead atoms. The Morgan fingerprint density at radius 1 is 1.39 bits per heavy atom. The fourth-order valence-electron chi connectivity index (χ4n) is 2.06. The molecule has 96 valence electrons. The van der Waals surface area contributed by atoms with Crippen molar-refractivity contribution in [2.45, 2.75) is 12.8 Å². The number of halogens is 1. The van der Waals surface area contributed by atoms with Crippen LogP contribution in [0.4, 0.5) is 0 Å². The highest BCUT2D eigenvalue weighted by molar-refractivity contribution is 9.10. The van der Waals surface area contributed by atoms with E-state index in [0.29, 0.717) is 36.1 Å². The fourth-order valence-corrected chi connectivity index (χ4v) is 2.48. The van der Waals surface area contributed by atoms with E-state index in [1.165, 1.54) is 0 Å². The van der Waals surface area contributed by atoms with E-state index in [1.807, 2.05) is 0 Å². The average Bonchev–Trinajstić information content (AvgIpc) is 2.38. The molecule has 1 aromatic heterocycles. The number of nitrogens with two attached hydrogens (primary N) is 1. The lowest BCUT2D eigenvalue weighted by molar-refractivity contribution is -0.123. The van der Waals surface area contributed by atoms with E-state index in [9.17, 15) is 9.59 Å². The lowest BCUT2D eigenvalue weighted by atomic mass is 9.96. The van der Waals surface area contributed by atoms with Gasteiger partial charge in [-0.05, 0) is 40.9 Å². The van der Waals surface area contributed by atoms with Crippen LogP contribution >= 0.6 is 15.9 Å². The van der Waals surface area contributed by atoms with E-state index < -0.39 is 0 Å². The third kappa shape index (κ3) is 2.69. The van der Waals surface area contributed by atoms with Crippen LogP contribution in [0.2, 0.25) is 0 Å². The average molecular weight is 312 g/mol. The molecule has 1 fully saturated rings. The molecule has 0 aliphatic carbocycles. The number of pyridine rings is 1. The number of nitrogens with zero attached hydrogens (tertiary/aromatic N) is 2. The van der Waals surface area contributed by atoms with Crippen LogP contribution in [-0.2, 0) is 4.79 Å². The van der Waals surface area contributed by atoms with Gasteiger partial charge < -0.3 is 10.6 Å². The molecule has 0 radical (unpaired) electrons. The van der Waals surface area contributed by atoms with E-state index in [4.69, 9.17) is 5.73 Å². The first-order valence-corrected chi connectivity index (χ1v) is 6.58. The van der Waals surface area contributed by atoms with Crippen molar-refractivity contribution in [3.8, 4) is 0 Å². The molecule has 1 saturated heterocycles. The summed E-state index contributed by atoms with van der Waals surface area (Å²) in [7, 11) is 0. The molecule has 0 unspecified atom stereocenters. The van der Waals surface area contributed by atoms with E-state index in [0.717, 1.165) is 0 Å². The molecule has 1 aliphatic rings. The van der Waals surface area contributed by atoms with Gasteiger partial charge in [-0.3, -0.25) is 9.59 Å². The van der Waals surface area contributed by atoms with E-state index in [1.54, 1.807) is 23.2 Å². The second kappa shape index (κ2) is 5.48. The number of aromatic nitrogens is 1. The number of amides is 2. The van der Waals surface area contributed by atoms with Crippen LogP contribution in [0.1, 0.15) is 23.3 Å². The van der Waals surface area contributed by atoms with Crippen molar-refractivity contribution in [3.63, 3.8) is 0 Å². The maximum Gasteiger partial charge on any atom is 0.273 e. The predicted octanol–water partition coefficient (Wildman–Crippen LogP) is 1.18. The standard InChI is InChI=1S/C12H14BrN3O2/c13-9-2-1-5-15-10(9)12(18)16-6-3-8(4-7-16)11(14)17/h1-2,5,8H,3-4,6-7H2,(H2,14,17). The van der Waals surface area contributed by atoms with Gasteiger partial charge in [-0.15, -0.1) is 0 Å². The molecule has 18 heavy (non-hydrogen) atoms. The van der Waals surface area contributed by atoms with Gasteiger partial charge in [-0.25, -0.2) is 4.98 Å². The van der Waals surface area contributed by atoms with Crippen LogP contribution in [0.25, 0.3) is 0 Å². The second-order valence-corrected chi connectivity index (χ2v) is 5.16. The van der Waals surface area contributed by atoms with Gasteiger partial charge in [-0.2, -0.15) is 0 Å². The maximum atomic E-state index is 12.2. The molecule has 1 aliphatic heterocycles. The molecule has 1 aromatic rings. The third-order valence-electron chi connectivity index (χ3n) is 3.15. The summed E-state index contributed by atoms with van der Waals surface area (Å²) in [4.78, 5) is 29.1. The number of carbonyl (C=O) groups excluding carboxylic acids is 2. The summed E-state index contributed by atoms with van der Waals surface area (Å²) >= 11 is 3.31. The van der Waals surface area contributed by atoms with Crippen molar-refractivity contribution >= 4 is 27.7 Å². The summed E-state index contributed by atoms with van der Waals surface area (Å²) in [6.45, 7) is 1.10. The number of piperidine rings is 1. The molecule has 2 amide bonds. The highest BCUT2D eigenvalue weighted by Crippen LogP contribution is 2.21. The fraction of sp³-hybridized carbons (Fsp3) is 0.417. The molecular formula is C12H14BrN3O2. The van der Waals surface area contributed by atoms with Gasteiger partial charge in [0.15, 0.2) is 0 Å². The first-order valence-electron chi connectivity index (χ1n) is 5.78. The van der Waals surface area contributed by atoms with Crippen LogP contribution in [0.3, 0.4) is 0 Å². The summed E-state index contributed by atoms with van der Waals surface area (Å²) in [6.07, 6.45) is 2.85. The van der Waals surface area contributed by atoms with Gasteiger partial charge in [0.2, 0.25) is 5.91 Å². The molecule has 2 heterocycles. The smallest absolute Gasteiger partial charge is 0.273 e. The number of rotatable bonds is 2. The predicted molar refractivity (Wildman–Crippen MR) is 69.8 cm³/mol. The van der Waals surface area contributed by atoms with E-state index in [2.05, 4.69) is 20.9 Å². The Morgan fingerprint density at radius 2 is 2.06 bits per heavy atom. The number of hydrogen-bond donors (Lipinski definition) is 1. The van der Waals surface area contributed by atoms with Gasteiger partial charge >= 0.3 is 0 Å². The van der Waals surface area contributed by atoms with Gasteiger partial charge in [0.1, 0.15) is 5.69 Å². The molecule has 5 nitrogen and oxygen atoms in total. The quantitative estimate of drug-likeness (QED) is 0.891. The first-order chi connectivity index (χ1) is 8.59. The van der Waals surface area contributed by atoms with Crippen molar-refractivity contribution < 1.29 is 9.59 Å². The zero-order chi connectivity index (χ0) is 13.1. The SMILES string of the molecule is NC(=O)C1CCN(C(=O)c2ncccc2Br)CC1. The van der Waals surface area contributed by atoms with Crippen molar-refractivity contribution in [1.29, 1.82) is 0 Å². The molecule has 0 saturated carbocycles. The van der Waals surface area contributed by atoms with Crippen molar-refractivity contribution in [2.24, 2.45) is 11.7 Å². The summed E-state index contributed by atoms with van der Waals surface area (Å²) in [5.41, 5.74) is 5.67. The Labute approximate surface area is 113 Å². The number of hydrogen-bond acceptors (Lipinski definition) is 3. The molecular weight excluding hydrogens is 298 g/mol. The van der Waals surface area contributed by atoms with Crippen molar-refractivity contribution in [1.82, 2.24) is 9.88 Å². The zero-order valence-electron chi connectivity index (χ0n) is 9.80. The number of primary amides is 1. The minimum atomic E-state index is -0.277. The largest absolute Gasteiger partial charge is 0.369 e. The van der Waals surface area contributed by atoms with Gasteiger partial charge in [0, 0.05) is 29.7 Å². The topological polar surface area (TPSA) is 76.3 Å². The highest BCUT2D eigenvalue weighted by Gasteiger charge is 2.27. The Bertz CT molecular complexity index is 470. The molecule has 2 rings (SSSR count). The minimum Gasteiger partial charge on any atom is -0.369 e. The minimum absolute atomic E-state index is 0.106. The summed E-state index contributed by atoms with van der Waals surface area (Å²) in [5.74, 6) is -0.493. The Kier molecular flexibility index (Phi) is 3.96. The van der Waals surface area contributed by atoms with Crippen molar-refractivity contribution in [3.05, 3.63) is 28.5 Å². The van der Waals surface area contributed by atoms with E-state index in [-0.39, 0.29) is 17.7 Å². The number of likely N-dealkylation sites (tertiary alicyclic amines) is 1. The van der Waals surface area contributed by atoms with Crippen LogP contribution in [0.5, 0.6) is 0 Å². The van der Waals surface area contributed by atoms with Gasteiger partial charge in [0.05, 0.1) is 0 Å². The summed E-state index contributed by atoms with van der Waals surface area (Å²) in [5, 5.41) is 0. The maximum absolute atomic E-state index is 12.2. The van der Waals surface area contributed by atoms with Crippen molar-refractivity contribution in [2.75, 3.05) is 13.1 Å². The Hall–Kier alpha value is -1.43. The normalized spacial score (nSPS) is 16.6. The van der Waals surface area contributed by atoms with Crippen LogP contribution in [0, 0.1) is 5.92 Å². The van der Waals surface area contributed by atoms with Gasteiger partial charge in [-0.1, -0.05) is 0 Å². The Morgan fingerprint density at radius 3 is 2.61 bits per heavy atom. The summed E-state index contributed by atoms with van der Waals surface area (Å²) < 4.78 is 0.687. The van der Waals surface area contributed by atoms with Crippen LogP contribution in [-0.4, -0.2) is 34.8 Å². The first kappa shape index (κ1) is 13.0. The number of carbonyl (C=O) groups is 2. The summed E-state index contributed by atoms with van der Waals surface area (Å²) in [6, 6.07) is 3.55. The lowest BCUT2D eigenvalue weighted by Gasteiger charge is -2.30. The molecule has 0 aromatic carbocycles. The molecule has 0 spiro atoms. The van der Waals surface area contributed by atoms with E-state index >= 15 is 0 Å². The highest BCUT2D eigenvalue weighted by atomic mass is 79.9. The molecule has 0 atom stereocenters. The van der Waals surface area contributed by atoms with Gasteiger partial charge in [0.25, 0.3) is 5.91 Å². The lowest BCUT2D eigenvalue weighted by Crippen LogP contribution is -2.42. The molecule has 2 N–H and O–H groups in total. The second-order valence-electron chi connectivity index (χ2n) is 4.30. The van der Waals surface area contributed by atoms with Crippen LogP contribution in [0.15, 0.2) is 22.8 Å². The Balaban J connectivity index is 2.04. The monoisotopic (exact) mass is 311 g/mol. The zero-order valence-corrected chi connectivity index (χ0v) is 11.4.